The van der Waals surface area contributed by atoms with Crippen LogP contribution in [0.2, 0.25) is 5.02 Å². The number of carbonyl (C=O) groups excluding carboxylic acids is 2. The minimum atomic E-state index is -0.714. The summed E-state index contributed by atoms with van der Waals surface area (Å²) < 4.78 is 5.07. The number of halogens is 1. The predicted molar refractivity (Wildman–Crippen MR) is 103 cm³/mol. The van der Waals surface area contributed by atoms with Crippen molar-refractivity contribution in [3.63, 3.8) is 0 Å². The Hall–Kier alpha value is -3.52. The number of nitro groups is 1. The maximum atomic E-state index is 12.4. The Kier molecular flexibility index (Phi) is 5.51. The SMILES string of the molecule is Cc1cc(C(=O)OCC(=O)Nc2ccc(Cl)cc2[N+](=O)[O-])c2ccccc2n1. The molecular formula is C19H14ClN3O5. The van der Waals surface area contributed by atoms with Crippen LogP contribution in [0.15, 0.2) is 48.5 Å². The van der Waals surface area contributed by atoms with Gasteiger partial charge in [0.25, 0.3) is 11.6 Å². The van der Waals surface area contributed by atoms with Gasteiger partial charge in [-0.1, -0.05) is 29.8 Å². The molecule has 1 aromatic heterocycles. The van der Waals surface area contributed by atoms with E-state index >= 15 is 0 Å². The van der Waals surface area contributed by atoms with Crippen LogP contribution in [0.1, 0.15) is 16.1 Å². The number of ether oxygens (including phenoxy) is 1. The van der Waals surface area contributed by atoms with Crippen LogP contribution >= 0.6 is 11.6 Å². The number of hydrogen-bond donors (Lipinski definition) is 1. The number of para-hydroxylation sites is 1. The Morgan fingerprint density at radius 1 is 1.21 bits per heavy atom. The number of nitro benzene ring substituents is 1. The van der Waals surface area contributed by atoms with Crippen molar-refractivity contribution >= 4 is 45.8 Å². The third-order valence-electron chi connectivity index (χ3n) is 3.83. The van der Waals surface area contributed by atoms with Gasteiger partial charge in [-0.2, -0.15) is 0 Å². The average molecular weight is 400 g/mol. The average Bonchev–Trinajstić information content (AvgIpc) is 2.66. The number of benzene rings is 2. The van der Waals surface area contributed by atoms with Crippen LogP contribution in [-0.2, 0) is 9.53 Å². The zero-order valence-corrected chi connectivity index (χ0v) is 15.4. The van der Waals surface area contributed by atoms with Crippen molar-refractivity contribution in [2.45, 2.75) is 6.92 Å². The largest absolute Gasteiger partial charge is 0.452 e. The van der Waals surface area contributed by atoms with Crippen molar-refractivity contribution in [2.75, 3.05) is 11.9 Å². The first-order chi connectivity index (χ1) is 13.3. The van der Waals surface area contributed by atoms with Crippen molar-refractivity contribution in [1.29, 1.82) is 0 Å². The lowest BCUT2D eigenvalue weighted by molar-refractivity contribution is -0.383. The molecule has 0 saturated heterocycles. The van der Waals surface area contributed by atoms with Gasteiger partial charge >= 0.3 is 5.97 Å². The van der Waals surface area contributed by atoms with Gasteiger partial charge in [0.15, 0.2) is 6.61 Å². The Morgan fingerprint density at radius 2 is 1.96 bits per heavy atom. The molecule has 1 heterocycles. The van der Waals surface area contributed by atoms with Crippen LogP contribution < -0.4 is 5.32 Å². The highest BCUT2D eigenvalue weighted by Crippen LogP contribution is 2.27. The number of nitrogens with one attached hydrogen (secondary N) is 1. The third kappa shape index (κ3) is 4.24. The summed E-state index contributed by atoms with van der Waals surface area (Å²) in [5.41, 5.74) is 1.15. The van der Waals surface area contributed by atoms with Gasteiger partial charge in [-0.15, -0.1) is 0 Å². The molecule has 0 fully saturated rings. The van der Waals surface area contributed by atoms with E-state index in [1.54, 1.807) is 37.3 Å². The second-order valence-electron chi connectivity index (χ2n) is 5.87. The quantitative estimate of drug-likeness (QED) is 0.395. The van der Waals surface area contributed by atoms with Crippen LogP contribution in [0, 0.1) is 17.0 Å². The molecule has 1 amide bonds. The Balaban J connectivity index is 1.72. The van der Waals surface area contributed by atoms with Crippen LogP contribution in [0.5, 0.6) is 0 Å². The fourth-order valence-corrected chi connectivity index (χ4v) is 2.80. The number of fused-ring (bicyclic) bond motifs is 1. The Labute approximate surface area is 164 Å². The summed E-state index contributed by atoms with van der Waals surface area (Å²) in [5, 5.41) is 14.2. The van der Waals surface area contributed by atoms with E-state index in [0.717, 1.165) is 6.07 Å². The maximum Gasteiger partial charge on any atom is 0.339 e. The highest BCUT2D eigenvalue weighted by molar-refractivity contribution is 6.31. The molecule has 0 aliphatic carbocycles. The minimum absolute atomic E-state index is 0.0411. The highest BCUT2D eigenvalue weighted by Gasteiger charge is 2.18. The summed E-state index contributed by atoms with van der Waals surface area (Å²) in [6.45, 7) is 1.14. The fraction of sp³-hybridized carbons (Fsp3) is 0.105. The number of carbonyl (C=O) groups is 2. The third-order valence-corrected chi connectivity index (χ3v) is 4.06. The van der Waals surface area contributed by atoms with Gasteiger partial charge < -0.3 is 10.1 Å². The van der Waals surface area contributed by atoms with Gasteiger partial charge in [-0.3, -0.25) is 19.9 Å². The van der Waals surface area contributed by atoms with E-state index in [1.165, 1.54) is 12.1 Å². The number of aryl methyl sites for hydroxylation is 1. The van der Waals surface area contributed by atoms with Gasteiger partial charge in [-0.25, -0.2) is 4.79 Å². The van der Waals surface area contributed by atoms with Crippen molar-refractivity contribution < 1.29 is 19.2 Å². The smallest absolute Gasteiger partial charge is 0.339 e. The number of esters is 1. The van der Waals surface area contributed by atoms with E-state index in [9.17, 15) is 19.7 Å². The highest BCUT2D eigenvalue weighted by atomic mass is 35.5. The number of nitrogens with zero attached hydrogens (tertiary/aromatic N) is 2. The molecule has 0 saturated carbocycles. The topological polar surface area (TPSA) is 111 Å². The fourth-order valence-electron chi connectivity index (χ4n) is 2.63. The van der Waals surface area contributed by atoms with Crippen LogP contribution in [0.3, 0.4) is 0 Å². The molecule has 0 unspecified atom stereocenters. The van der Waals surface area contributed by atoms with Crippen molar-refractivity contribution in [3.8, 4) is 0 Å². The maximum absolute atomic E-state index is 12.4. The molecule has 28 heavy (non-hydrogen) atoms. The molecule has 2 aromatic carbocycles. The summed E-state index contributed by atoms with van der Waals surface area (Å²) in [6.07, 6.45) is 0. The zero-order chi connectivity index (χ0) is 20.3. The number of hydrogen-bond acceptors (Lipinski definition) is 6. The number of rotatable bonds is 5. The summed E-state index contributed by atoms with van der Waals surface area (Å²) in [5.74, 6) is -1.41. The zero-order valence-electron chi connectivity index (χ0n) is 14.6. The Bertz CT molecular complexity index is 1100. The van der Waals surface area contributed by atoms with Gasteiger partial charge in [0.1, 0.15) is 5.69 Å². The lowest BCUT2D eigenvalue weighted by Gasteiger charge is -2.09. The van der Waals surface area contributed by atoms with Crippen LogP contribution in [0.25, 0.3) is 10.9 Å². The molecule has 0 spiro atoms. The number of amides is 1. The molecule has 1 N–H and O–H groups in total. The summed E-state index contributed by atoms with van der Waals surface area (Å²) in [7, 11) is 0. The first-order valence-corrected chi connectivity index (χ1v) is 8.50. The number of anilines is 1. The predicted octanol–water partition coefficient (Wildman–Crippen LogP) is 3.90. The first kappa shape index (κ1) is 19.2. The van der Waals surface area contributed by atoms with Gasteiger partial charge in [0, 0.05) is 22.2 Å². The molecule has 3 rings (SSSR count). The molecule has 0 atom stereocenters. The van der Waals surface area contributed by atoms with E-state index in [-0.39, 0.29) is 22.0 Å². The molecule has 0 bridgehead atoms. The molecule has 0 aliphatic heterocycles. The standard InChI is InChI=1S/C19H14ClN3O5/c1-11-8-14(13-4-2-3-5-15(13)21-11)19(25)28-10-18(24)22-16-7-6-12(20)9-17(16)23(26)27/h2-9H,10H2,1H3,(H,22,24). The van der Waals surface area contributed by atoms with E-state index in [2.05, 4.69) is 10.3 Å². The first-order valence-electron chi connectivity index (χ1n) is 8.12. The summed E-state index contributed by atoms with van der Waals surface area (Å²) in [6, 6.07) is 12.5. The minimum Gasteiger partial charge on any atom is -0.452 e. The summed E-state index contributed by atoms with van der Waals surface area (Å²) >= 11 is 5.74. The van der Waals surface area contributed by atoms with E-state index in [4.69, 9.17) is 16.3 Å². The van der Waals surface area contributed by atoms with Gasteiger partial charge in [0.2, 0.25) is 0 Å². The lowest BCUT2D eigenvalue weighted by Crippen LogP contribution is -2.21. The van der Waals surface area contributed by atoms with Crippen LogP contribution in [-0.4, -0.2) is 28.4 Å². The Morgan fingerprint density at radius 3 is 2.71 bits per heavy atom. The van der Waals surface area contributed by atoms with Crippen molar-refractivity contribution in [1.82, 2.24) is 4.98 Å². The normalized spacial score (nSPS) is 10.5. The molecule has 142 valence electrons. The van der Waals surface area contributed by atoms with Crippen LogP contribution in [0.4, 0.5) is 11.4 Å². The second-order valence-corrected chi connectivity index (χ2v) is 6.31. The van der Waals surface area contributed by atoms with E-state index in [0.29, 0.717) is 16.6 Å². The molecular weight excluding hydrogens is 386 g/mol. The molecule has 3 aromatic rings. The lowest BCUT2D eigenvalue weighted by atomic mass is 10.1. The second kappa shape index (κ2) is 8.01. The van der Waals surface area contributed by atoms with Crippen molar-refractivity contribution in [2.24, 2.45) is 0 Å². The van der Waals surface area contributed by atoms with E-state index < -0.39 is 23.4 Å². The van der Waals surface area contributed by atoms with Crippen molar-refractivity contribution in [3.05, 3.63) is 74.9 Å². The van der Waals surface area contributed by atoms with E-state index in [1.807, 2.05) is 0 Å². The number of aromatic nitrogens is 1. The van der Waals surface area contributed by atoms with Gasteiger partial charge in [-0.05, 0) is 31.2 Å². The monoisotopic (exact) mass is 399 g/mol. The number of pyridine rings is 1. The van der Waals surface area contributed by atoms with Gasteiger partial charge in [0.05, 0.1) is 16.0 Å². The molecule has 8 nitrogen and oxygen atoms in total. The molecule has 9 heteroatoms. The molecule has 0 radical (unpaired) electrons. The molecule has 0 aliphatic rings. The summed E-state index contributed by atoms with van der Waals surface area (Å²) in [4.78, 5) is 39.3.